The molecule has 1 aromatic heterocycles. The Kier molecular flexibility index (Phi) is 3.69. The second-order valence-electron chi connectivity index (χ2n) is 4.57. The van der Waals surface area contributed by atoms with Crippen LogP contribution in [0.3, 0.4) is 0 Å². The third kappa shape index (κ3) is 3.02. The summed E-state index contributed by atoms with van der Waals surface area (Å²) in [5.41, 5.74) is 2.86. The SMILES string of the molecule is CC(N)(C(=O)Nc1cccc(-n2cnnc2)c1)C(F)(F)F. The Morgan fingerprint density at radius 3 is 2.48 bits per heavy atom. The zero-order chi connectivity index (χ0) is 15.7. The van der Waals surface area contributed by atoms with Crippen molar-refractivity contribution in [1.82, 2.24) is 14.8 Å². The zero-order valence-electron chi connectivity index (χ0n) is 10.9. The molecule has 0 spiro atoms. The van der Waals surface area contributed by atoms with Crippen LogP contribution in [-0.2, 0) is 4.79 Å². The molecule has 0 saturated carbocycles. The molecule has 0 fully saturated rings. The van der Waals surface area contributed by atoms with Crippen LogP contribution in [0.2, 0.25) is 0 Å². The van der Waals surface area contributed by atoms with E-state index in [4.69, 9.17) is 5.73 Å². The fourth-order valence-corrected chi connectivity index (χ4v) is 1.47. The van der Waals surface area contributed by atoms with Crippen LogP contribution in [0, 0.1) is 0 Å². The topological polar surface area (TPSA) is 85.8 Å². The number of hydrogen-bond donors (Lipinski definition) is 2. The number of benzene rings is 1. The molecule has 1 heterocycles. The van der Waals surface area contributed by atoms with E-state index in [1.807, 2.05) is 0 Å². The maximum atomic E-state index is 12.7. The summed E-state index contributed by atoms with van der Waals surface area (Å²) >= 11 is 0. The molecule has 1 atom stereocenters. The number of nitrogens with two attached hydrogens (primary N) is 1. The minimum atomic E-state index is -4.84. The number of hydrogen-bond acceptors (Lipinski definition) is 4. The maximum Gasteiger partial charge on any atom is 0.415 e. The number of anilines is 1. The van der Waals surface area contributed by atoms with E-state index in [1.165, 1.54) is 24.8 Å². The fourth-order valence-electron chi connectivity index (χ4n) is 1.47. The van der Waals surface area contributed by atoms with Crippen molar-refractivity contribution in [3.63, 3.8) is 0 Å². The Morgan fingerprint density at radius 2 is 1.90 bits per heavy atom. The molecule has 0 saturated heterocycles. The van der Waals surface area contributed by atoms with Gasteiger partial charge in [-0.1, -0.05) is 6.07 Å². The molecular weight excluding hydrogens is 287 g/mol. The van der Waals surface area contributed by atoms with Gasteiger partial charge >= 0.3 is 6.18 Å². The Bertz CT molecular complexity index is 637. The second kappa shape index (κ2) is 5.17. The lowest BCUT2D eigenvalue weighted by atomic mass is 10.0. The molecule has 0 aliphatic rings. The standard InChI is InChI=1S/C12H12F3N5O/c1-11(16,12(13,14)15)10(21)19-8-3-2-4-9(5-8)20-6-17-18-7-20/h2-7H,16H2,1H3,(H,19,21). The normalized spacial score (nSPS) is 14.5. The molecular formula is C12H12F3N5O. The predicted molar refractivity (Wildman–Crippen MR) is 68.6 cm³/mol. The molecule has 112 valence electrons. The van der Waals surface area contributed by atoms with Crippen LogP contribution >= 0.6 is 0 Å². The Morgan fingerprint density at radius 1 is 1.29 bits per heavy atom. The Labute approximate surface area is 117 Å². The number of carbonyl (C=O) groups is 1. The van der Waals surface area contributed by atoms with Gasteiger partial charge in [0, 0.05) is 5.69 Å². The maximum absolute atomic E-state index is 12.7. The number of halogens is 3. The summed E-state index contributed by atoms with van der Waals surface area (Å²) in [4.78, 5) is 11.7. The number of amides is 1. The van der Waals surface area contributed by atoms with Crippen LogP contribution in [0.1, 0.15) is 6.92 Å². The monoisotopic (exact) mass is 299 g/mol. The lowest BCUT2D eigenvalue weighted by molar-refractivity contribution is -0.184. The van der Waals surface area contributed by atoms with Gasteiger partial charge in [0.1, 0.15) is 12.7 Å². The van der Waals surface area contributed by atoms with Gasteiger partial charge in [-0.3, -0.25) is 9.36 Å². The molecule has 21 heavy (non-hydrogen) atoms. The molecule has 0 aliphatic heterocycles. The largest absolute Gasteiger partial charge is 0.415 e. The summed E-state index contributed by atoms with van der Waals surface area (Å²) in [5.74, 6) is -1.34. The van der Waals surface area contributed by atoms with Crippen molar-refractivity contribution < 1.29 is 18.0 Å². The van der Waals surface area contributed by atoms with Crippen molar-refractivity contribution in [3.05, 3.63) is 36.9 Å². The molecule has 0 bridgehead atoms. The van der Waals surface area contributed by atoms with E-state index < -0.39 is 17.6 Å². The number of nitrogens with one attached hydrogen (secondary N) is 1. The molecule has 0 radical (unpaired) electrons. The first-order chi connectivity index (χ1) is 9.72. The highest BCUT2D eigenvalue weighted by Crippen LogP contribution is 2.29. The van der Waals surface area contributed by atoms with Crippen molar-refractivity contribution >= 4 is 11.6 Å². The highest BCUT2D eigenvalue weighted by Gasteiger charge is 2.53. The summed E-state index contributed by atoms with van der Waals surface area (Å²) in [7, 11) is 0. The van der Waals surface area contributed by atoms with E-state index in [9.17, 15) is 18.0 Å². The smallest absolute Gasteiger partial charge is 0.324 e. The van der Waals surface area contributed by atoms with Crippen LogP contribution in [0.5, 0.6) is 0 Å². The number of carbonyl (C=O) groups excluding carboxylic acids is 1. The highest BCUT2D eigenvalue weighted by molar-refractivity contribution is 5.98. The zero-order valence-corrected chi connectivity index (χ0v) is 10.9. The number of alkyl halides is 3. The van der Waals surface area contributed by atoms with Crippen molar-refractivity contribution in [2.24, 2.45) is 5.73 Å². The van der Waals surface area contributed by atoms with Crippen LogP contribution in [0.25, 0.3) is 5.69 Å². The first-order valence-corrected chi connectivity index (χ1v) is 5.84. The number of nitrogens with zero attached hydrogens (tertiary/aromatic N) is 3. The first kappa shape index (κ1) is 15.0. The summed E-state index contributed by atoms with van der Waals surface area (Å²) in [5, 5.41) is 9.39. The Balaban J connectivity index is 2.21. The van der Waals surface area contributed by atoms with E-state index in [-0.39, 0.29) is 5.69 Å². The van der Waals surface area contributed by atoms with E-state index in [2.05, 4.69) is 15.5 Å². The third-order valence-corrected chi connectivity index (χ3v) is 2.88. The van der Waals surface area contributed by atoms with Crippen molar-refractivity contribution in [1.29, 1.82) is 0 Å². The molecule has 2 rings (SSSR count). The van der Waals surface area contributed by atoms with Crippen LogP contribution in [0.4, 0.5) is 18.9 Å². The van der Waals surface area contributed by atoms with Crippen LogP contribution in [-0.4, -0.2) is 32.4 Å². The van der Waals surface area contributed by atoms with Gasteiger partial charge in [-0.15, -0.1) is 10.2 Å². The van der Waals surface area contributed by atoms with E-state index >= 15 is 0 Å². The molecule has 1 amide bonds. The summed E-state index contributed by atoms with van der Waals surface area (Å²) < 4.78 is 39.6. The third-order valence-electron chi connectivity index (χ3n) is 2.88. The van der Waals surface area contributed by atoms with Crippen molar-refractivity contribution in [2.75, 3.05) is 5.32 Å². The van der Waals surface area contributed by atoms with Crippen LogP contribution in [0.15, 0.2) is 36.9 Å². The van der Waals surface area contributed by atoms with E-state index in [1.54, 1.807) is 16.7 Å². The summed E-state index contributed by atoms with van der Waals surface area (Å²) in [6.45, 7) is 0.617. The number of aromatic nitrogens is 3. The molecule has 6 nitrogen and oxygen atoms in total. The van der Waals surface area contributed by atoms with Gasteiger partial charge in [-0.2, -0.15) is 13.2 Å². The quantitative estimate of drug-likeness (QED) is 0.899. The predicted octanol–water partition coefficient (Wildman–Crippen LogP) is 1.49. The van der Waals surface area contributed by atoms with E-state index in [0.29, 0.717) is 12.6 Å². The molecule has 9 heteroatoms. The molecule has 1 aromatic carbocycles. The van der Waals surface area contributed by atoms with Gasteiger partial charge in [-0.05, 0) is 25.1 Å². The van der Waals surface area contributed by atoms with Gasteiger partial charge in [0.05, 0.1) is 5.69 Å². The van der Waals surface area contributed by atoms with Crippen molar-refractivity contribution in [2.45, 2.75) is 18.6 Å². The minimum absolute atomic E-state index is 0.187. The van der Waals surface area contributed by atoms with Gasteiger partial charge in [0.25, 0.3) is 5.91 Å². The highest BCUT2D eigenvalue weighted by atomic mass is 19.4. The van der Waals surface area contributed by atoms with Crippen molar-refractivity contribution in [3.8, 4) is 5.69 Å². The Hall–Kier alpha value is -2.42. The number of rotatable bonds is 3. The van der Waals surface area contributed by atoms with Gasteiger partial charge in [0.15, 0.2) is 5.54 Å². The second-order valence-corrected chi connectivity index (χ2v) is 4.57. The summed E-state index contributed by atoms with van der Waals surface area (Å²) in [6, 6.07) is 6.20. The summed E-state index contributed by atoms with van der Waals surface area (Å²) in [6.07, 6.45) is -2.00. The molecule has 1 unspecified atom stereocenters. The lowest BCUT2D eigenvalue weighted by Gasteiger charge is -2.26. The fraction of sp³-hybridized carbons (Fsp3) is 0.250. The van der Waals surface area contributed by atoms with Crippen LogP contribution < -0.4 is 11.1 Å². The molecule has 3 N–H and O–H groups in total. The lowest BCUT2D eigenvalue weighted by Crippen LogP contribution is -2.59. The van der Waals surface area contributed by atoms with Gasteiger partial charge < -0.3 is 11.1 Å². The van der Waals surface area contributed by atoms with Gasteiger partial charge in [-0.25, -0.2) is 0 Å². The van der Waals surface area contributed by atoms with Gasteiger partial charge in [0.2, 0.25) is 0 Å². The molecule has 2 aromatic rings. The average Bonchev–Trinajstić information content (AvgIpc) is 2.91. The molecule has 0 aliphatic carbocycles. The van der Waals surface area contributed by atoms with E-state index in [0.717, 1.165) is 0 Å². The minimum Gasteiger partial charge on any atom is -0.324 e. The average molecular weight is 299 g/mol. The first-order valence-electron chi connectivity index (χ1n) is 5.84.